The molecule has 3 aromatic rings. The summed E-state index contributed by atoms with van der Waals surface area (Å²) in [4.78, 5) is 8.79. The third kappa shape index (κ3) is 4.63. The van der Waals surface area contributed by atoms with Gasteiger partial charge in [0.15, 0.2) is 5.96 Å². The second kappa shape index (κ2) is 8.71. The van der Waals surface area contributed by atoms with Gasteiger partial charge in [0.2, 0.25) is 0 Å². The molecule has 1 heterocycles. The molecule has 6 heteroatoms. The molecule has 0 amide bonds. The molecule has 26 heavy (non-hydrogen) atoms. The topological polar surface area (TPSA) is 77.5 Å². The average molecular weight is 349 g/mol. The lowest BCUT2D eigenvalue weighted by atomic mass is 10.1. The van der Waals surface area contributed by atoms with E-state index in [4.69, 9.17) is 10.5 Å². The number of nitrogens with two attached hydrogens (primary N) is 1. The van der Waals surface area contributed by atoms with Crippen molar-refractivity contribution >= 4 is 11.6 Å². The minimum Gasteiger partial charge on any atom is -0.495 e. The number of hydrogen-bond donors (Lipinski definition) is 2. The van der Waals surface area contributed by atoms with Gasteiger partial charge >= 0.3 is 0 Å². The molecule has 0 spiro atoms. The summed E-state index contributed by atoms with van der Waals surface area (Å²) in [5, 5.41) is 3.07. The number of guanidine groups is 1. The first-order valence-corrected chi connectivity index (χ1v) is 8.50. The maximum Gasteiger partial charge on any atom is 0.193 e. The Morgan fingerprint density at radius 3 is 2.73 bits per heavy atom. The number of methoxy groups -OCH3 is 1. The standard InChI is InChI=1S/C20H23N5O/c1-26-18-10-6-5-9-17(18)24-20(21)23-15-19-22-12-14-25(19)13-11-16-7-3-2-4-8-16/h2-10,12,14H,11,13,15H2,1H3,(H3,21,23,24). The normalized spacial score (nSPS) is 11.3. The van der Waals surface area contributed by atoms with Gasteiger partial charge in [-0.25, -0.2) is 9.98 Å². The monoisotopic (exact) mass is 349 g/mol. The summed E-state index contributed by atoms with van der Waals surface area (Å²) < 4.78 is 7.40. The van der Waals surface area contributed by atoms with E-state index in [1.165, 1.54) is 5.56 Å². The zero-order valence-corrected chi connectivity index (χ0v) is 14.8. The average Bonchev–Trinajstić information content (AvgIpc) is 3.13. The molecule has 0 aliphatic carbocycles. The number of nitrogens with one attached hydrogen (secondary N) is 1. The number of aryl methyl sites for hydroxylation is 2. The summed E-state index contributed by atoms with van der Waals surface area (Å²) in [6, 6.07) is 18.0. The van der Waals surface area contributed by atoms with Gasteiger partial charge in [0, 0.05) is 18.9 Å². The third-order valence-electron chi connectivity index (χ3n) is 4.05. The van der Waals surface area contributed by atoms with E-state index in [0.29, 0.717) is 12.5 Å². The van der Waals surface area contributed by atoms with Crippen LogP contribution in [0.25, 0.3) is 0 Å². The zero-order chi connectivity index (χ0) is 18.2. The first-order chi connectivity index (χ1) is 12.8. The van der Waals surface area contributed by atoms with Gasteiger partial charge in [-0.05, 0) is 24.1 Å². The van der Waals surface area contributed by atoms with E-state index in [1.54, 1.807) is 13.3 Å². The van der Waals surface area contributed by atoms with Crippen molar-refractivity contribution in [3.63, 3.8) is 0 Å². The molecule has 0 aliphatic heterocycles. The first-order valence-electron chi connectivity index (χ1n) is 8.50. The van der Waals surface area contributed by atoms with Crippen LogP contribution in [0, 0.1) is 0 Å². The lowest BCUT2D eigenvalue weighted by molar-refractivity contribution is 0.417. The number of para-hydroxylation sites is 2. The molecule has 0 aliphatic rings. The van der Waals surface area contributed by atoms with Crippen molar-refractivity contribution in [1.29, 1.82) is 0 Å². The molecule has 0 radical (unpaired) electrons. The Labute approximate surface area is 153 Å². The third-order valence-corrected chi connectivity index (χ3v) is 4.05. The predicted octanol–water partition coefficient (Wildman–Crippen LogP) is 3.06. The van der Waals surface area contributed by atoms with Gasteiger partial charge in [-0.15, -0.1) is 0 Å². The second-order valence-corrected chi connectivity index (χ2v) is 5.80. The fourth-order valence-electron chi connectivity index (χ4n) is 2.67. The highest BCUT2D eigenvalue weighted by Gasteiger charge is 2.05. The number of ether oxygens (including phenoxy) is 1. The molecule has 0 fully saturated rings. The van der Waals surface area contributed by atoms with Crippen LogP contribution in [-0.4, -0.2) is 22.6 Å². The Kier molecular flexibility index (Phi) is 5.88. The second-order valence-electron chi connectivity index (χ2n) is 5.80. The van der Waals surface area contributed by atoms with Gasteiger partial charge < -0.3 is 20.4 Å². The molecule has 0 unspecified atom stereocenters. The van der Waals surface area contributed by atoms with Crippen LogP contribution >= 0.6 is 0 Å². The molecule has 0 saturated heterocycles. The van der Waals surface area contributed by atoms with E-state index in [1.807, 2.05) is 36.5 Å². The van der Waals surface area contributed by atoms with Crippen molar-refractivity contribution in [3.05, 3.63) is 78.4 Å². The van der Waals surface area contributed by atoms with Crippen molar-refractivity contribution in [2.24, 2.45) is 10.7 Å². The first kappa shape index (κ1) is 17.5. The van der Waals surface area contributed by atoms with Crippen LogP contribution in [0.2, 0.25) is 0 Å². The number of hydrogen-bond acceptors (Lipinski definition) is 3. The molecular formula is C20H23N5O. The molecule has 0 bridgehead atoms. The zero-order valence-electron chi connectivity index (χ0n) is 14.8. The molecule has 0 atom stereocenters. The van der Waals surface area contributed by atoms with Gasteiger partial charge in [0.25, 0.3) is 0 Å². The van der Waals surface area contributed by atoms with E-state index in [0.717, 1.165) is 30.2 Å². The van der Waals surface area contributed by atoms with Crippen LogP contribution in [0.1, 0.15) is 11.4 Å². The number of benzene rings is 2. The van der Waals surface area contributed by atoms with Crippen LogP contribution in [0.4, 0.5) is 5.69 Å². The SMILES string of the molecule is COc1ccccc1NC(N)=NCc1nccn1CCc1ccccc1. The Bertz CT molecular complexity index is 857. The molecule has 0 saturated carbocycles. The van der Waals surface area contributed by atoms with E-state index in [-0.39, 0.29) is 0 Å². The fourth-order valence-corrected chi connectivity index (χ4v) is 2.67. The maximum atomic E-state index is 6.01. The quantitative estimate of drug-likeness (QED) is 0.508. The number of aromatic nitrogens is 2. The number of aliphatic imine (C=N–C) groups is 1. The number of imidazole rings is 1. The summed E-state index contributed by atoms with van der Waals surface area (Å²) >= 11 is 0. The minimum atomic E-state index is 0.326. The summed E-state index contributed by atoms with van der Waals surface area (Å²) in [7, 11) is 1.62. The number of anilines is 1. The summed E-state index contributed by atoms with van der Waals surface area (Å²) in [5.41, 5.74) is 8.09. The molecule has 6 nitrogen and oxygen atoms in total. The van der Waals surface area contributed by atoms with Gasteiger partial charge in [-0.1, -0.05) is 42.5 Å². The Morgan fingerprint density at radius 1 is 1.15 bits per heavy atom. The lowest BCUT2D eigenvalue weighted by Crippen LogP contribution is -2.23. The van der Waals surface area contributed by atoms with Crippen molar-refractivity contribution in [3.8, 4) is 5.75 Å². The van der Waals surface area contributed by atoms with Crippen molar-refractivity contribution in [2.75, 3.05) is 12.4 Å². The Balaban J connectivity index is 1.60. The smallest absolute Gasteiger partial charge is 0.193 e. The van der Waals surface area contributed by atoms with Gasteiger partial charge in [0.05, 0.1) is 12.8 Å². The van der Waals surface area contributed by atoms with Crippen molar-refractivity contribution in [2.45, 2.75) is 19.5 Å². The van der Waals surface area contributed by atoms with Crippen LogP contribution < -0.4 is 15.8 Å². The van der Waals surface area contributed by atoms with Gasteiger partial charge in [-0.2, -0.15) is 0 Å². The number of nitrogens with zero attached hydrogens (tertiary/aromatic N) is 3. The van der Waals surface area contributed by atoms with E-state index in [2.05, 4.69) is 44.1 Å². The van der Waals surface area contributed by atoms with E-state index >= 15 is 0 Å². The van der Waals surface area contributed by atoms with Gasteiger partial charge in [0.1, 0.15) is 18.1 Å². The maximum absolute atomic E-state index is 6.01. The molecule has 3 N–H and O–H groups in total. The molecule has 134 valence electrons. The predicted molar refractivity (Wildman–Crippen MR) is 104 cm³/mol. The highest BCUT2D eigenvalue weighted by Crippen LogP contribution is 2.22. The van der Waals surface area contributed by atoms with Crippen LogP contribution in [-0.2, 0) is 19.5 Å². The summed E-state index contributed by atoms with van der Waals surface area (Å²) in [6.45, 7) is 1.27. The summed E-state index contributed by atoms with van der Waals surface area (Å²) in [6.07, 6.45) is 4.71. The van der Waals surface area contributed by atoms with Gasteiger partial charge in [-0.3, -0.25) is 0 Å². The van der Waals surface area contributed by atoms with Crippen LogP contribution in [0.3, 0.4) is 0 Å². The molecule has 2 aromatic carbocycles. The molecule has 1 aromatic heterocycles. The molecular weight excluding hydrogens is 326 g/mol. The largest absolute Gasteiger partial charge is 0.495 e. The lowest BCUT2D eigenvalue weighted by Gasteiger charge is -2.10. The minimum absolute atomic E-state index is 0.326. The van der Waals surface area contributed by atoms with E-state index in [9.17, 15) is 0 Å². The Morgan fingerprint density at radius 2 is 1.92 bits per heavy atom. The van der Waals surface area contributed by atoms with Crippen molar-refractivity contribution < 1.29 is 4.74 Å². The van der Waals surface area contributed by atoms with Crippen LogP contribution in [0.5, 0.6) is 5.75 Å². The number of rotatable bonds is 7. The van der Waals surface area contributed by atoms with Crippen molar-refractivity contribution in [1.82, 2.24) is 9.55 Å². The highest BCUT2D eigenvalue weighted by molar-refractivity contribution is 5.93. The highest BCUT2D eigenvalue weighted by atomic mass is 16.5. The Hall–Kier alpha value is -3.28. The summed E-state index contributed by atoms with van der Waals surface area (Å²) in [5.74, 6) is 1.92. The molecule has 3 rings (SSSR count). The van der Waals surface area contributed by atoms with E-state index < -0.39 is 0 Å². The fraction of sp³-hybridized carbons (Fsp3) is 0.200. The van der Waals surface area contributed by atoms with Crippen LogP contribution in [0.15, 0.2) is 72.0 Å².